The largest absolute Gasteiger partial charge is 0.493 e. The maximum atomic E-state index is 12.6. The monoisotopic (exact) mass is 343 g/mol. The number of ether oxygens (including phenoxy) is 1. The highest BCUT2D eigenvalue weighted by Crippen LogP contribution is 2.29. The molecule has 1 atom stereocenters. The highest BCUT2D eigenvalue weighted by atomic mass is 32.2. The summed E-state index contributed by atoms with van der Waals surface area (Å²) in [7, 11) is -3.63. The van der Waals surface area contributed by atoms with Crippen LogP contribution in [0.15, 0.2) is 57.8 Å². The highest BCUT2D eigenvalue weighted by molar-refractivity contribution is 7.89. The number of hydrogen-bond acceptors (Lipinski definition) is 4. The minimum absolute atomic E-state index is 0.245. The molecule has 0 spiro atoms. The van der Waals surface area contributed by atoms with Crippen LogP contribution in [0.1, 0.15) is 24.3 Å². The second-order valence-electron chi connectivity index (χ2n) is 5.90. The SMILES string of the molecule is CC(NS(=O)(=O)c1ccc2c(c1)CCO2)c1cc2ccccc2o1. The quantitative estimate of drug-likeness (QED) is 0.788. The number of furan rings is 1. The van der Waals surface area contributed by atoms with E-state index in [1.165, 1.54) is 0 Å². The summed E-state index contributed by atoms with van der Waals surface area (Å²) in [6.07, 6.45) is 0.734. The van der Waals surface area contributed by atoms with Gasteiger partial charge in [0.05, 0.1) is 17.5 Å². The van der Waals surface area contributed by atoms with Crippen molar-refractivity contribution >= 4 is 21.0 Å². The zero-order chi connectivity index (χ0) is 16.7. The predicted molar refractivity (Wildman–Crippen MR) is 90.6 cm³/mol. The van der Waals surface area contributed by atoms with E-state index in [0.717, 1.165) is 28.7 Å². The Hall–Kier alpha value is -2.31. The third kappa shape index (κ3) is 2.68. The number of fused-ring (bicyclic) bond motifs is 2. The van der Waals surface area contributed by atoms with Gasteiger partial charge in [-0.25, -0.2) is 13.1 Å². The molecule has 4 rings (SSSR count). The Morgan fingerprint density at radius 1 is 1.12 bits per heavy atom. The van der Waals surface area contributed by atoms with Gasteiger partial charge in [-0.3, -0.25) is 0 Å². The fraction of sp³-hybridized carbons (Fsp3) is 0.222. The van der Waals surface area contributed by atoms with Crippen LogP contribution in [0, 0.1) is 0 Å². The van der Waals surface area contributed by atoms with Crippen molar-refractivity contribution in [3.8, 4) is 5.75 Å². The summed E-state index contributed by atoms with van der Waals surface area (Å²) in [4.78, 5) is 0.245. The Labute approximate surface area is 140 Å². The second-order valence-corrected chi connectivity index (χ2v) is 7.61. The summed E-state index contributed by atoms with van der Waals surface area (Å²) >= 11 is 0. The molecule has 2 heterocycles. The van der Waals surface area contributed by atoms with Gasteiger partial charge in [-0.2, -0.15) is 0 Å². The molecule has 1 aliphatic rings. The van der Waals surface area contributed by atoms with Crippen LogP contribution in [0.25, 0.3) is 11.0 Å². The molecule has 0 fully saturated rings. The van der Waals surface area contributed by atoms with Gasteiger partial charge in [-0.15, -0.1) is 0 Å². The summed E-state index contributed by atoms with van der Waals surface area (Å²) < 4.78 is 39.1. The predicted octanol–water partition coefficient (Wildman–Crippen LogP) is 3.41. The fourth-order valence-electron chi connectivity index (χ4n) is 2.90. The number of nitrogens with one attached hydrogen (secondary N) is 1. The lowest BCUT2D eigenvalue weighted by Crippen LogP contribution is -2.26. The Morgan fingerprint density at radius 3 is 2.79 bits per heavy atom. The Balaban J connectivity index is 1.61. The molecule has 0 radical (unpaired) electrons. The molecule has 1 aromatic heterocycles. The van der Waals surface area contributed by atoms with Crippen molar-refractivity contribution < 1.29 is 17.6 Å². The molecule has 0 aliphatic carbocycles. The summed E-state index contributed by atoms with van der Waals surface area (Å²) in [5.41, 5.74) is 1.67. The van der Waals surface area contributed by atoms with E-state index >= 15 is 0 Å². The molecule has 1 aliphatic heterocycles. The minimum atomic E-state index is -3.63. The van der Waals surface area contributed by atoms with Gasteiger partial charge in [0.15, 0.2) is 0 Å². The Bertz CT molecular complexity index is 974. The number of benzene rings is 2. The van der Waals surface area contributed by atoms with E-state index in [-0.39, 0.29) is 4.90 Å². The average Bonchev–Trinajstić information content (AvgIpc) is 3.20. The molecule has 0 saturated heterocycles. The van der Waals surface area contributed by atoms with Gasteiger partial charge < -0.3 is 9.15 Å². The van der Waals surface area contributed by atoms with E-state index in [1.807, 2.05) is 30.3 Å². The third-order valence-corrected chi connectivity index (χ3v) is 5.71. The van der Waals surface area contributed by atoms with E-state index in [9.17, 15) is 8.42 Å². The zero-order valence-electron chi connectivity index (χ0n) is 13.2. The van der Waals surface area contributed by atoms with Crippen LogP contribution in [0.4, 0.5) is 0 Å². The molecule has 2 aromatic carbocycles. The minimum Gasteiger partial charge on any atom is -0.493 e. The van der Waals surface area contributed by atoms with Gasteiger partial charge >= 0.3 is 0 Å². The number of para-hydroxylation sites is 1. The summed E-state index contributed by atoms with van der Waals surface area (Å²) in [6.45, 7) is 2.37. The molecule has 3 aromatic rings. The van der Waals surface area contributed by atoms with Crippen LogP contribution in [-0.2, 0) is 16.4 Å². The topological polar surface area (TPSA) is 68.5 Å². The van der Waals surface area contributed by atoms with Crippen molar-refractivity contribution in [3.05, 3.63) is 59.9 Å². The summed E-state index contributed by atoms with van der Waals surface area (Å²) in [6, 6.07) is 14.0. The summed E-state index contributed by atoms with van der Waals surface area (Å²) in [5, 5.41) is 0.952. The lowest BCUT2D eigenvalue weighted by Gasteiger charge is -2.12. The molecule has 0 amide bonds. The van der Waals surface area contributed by atoms with Gasteiger partial charge in [0.25, 0.3) is 0 Å². The molecular weight excluding hydrogens is 326 g/mol. The number of hydrogen-bond donors (Lipinski definition) is 1. The first-order valence-electron chi connectivity index (χ1n) is 7.79. The molecule has 124 valence electrons. The Kier molecular flexibility index (Phi) is 3.58. The van der Waals surface area contributed by atoms with Gasteiger partial charge in [-0.1, -0.05) is 18.2 Å². The fourth-order valence-corrected chi connectivity index (χ4v) is 4.17. The van der Waals surface area contributed by atoms with Crippen molar-refractivity contribution in [2.45, 2.75) is 24.3 Å². The van der Waals surface area contributed by atoms with E-state index in [1.54, 1.807) is 25.1 Å². The first-order chi connectivity index (χ1) is 11.5. The normalized spacial score (nSPS) is 15.2. The smallest absolute Gasteiger partial charge is 0.241 e. The van der Waals surface area contributed by atoms with Crippen molar-refractivity contribution in [2.75, 3.05) is 6.61 Å². The van der Waals surface area contributed by atoms with E-state index < -0.39 is 16.1 Å². The Morgan fingerprint density at radius 2 is 1.96 bits per heavy atom. The molecule has 1 N–H and O–H groups in total. The molecule has 6 heteroatoms. The molecule has 24 heavy (non-hydrogen) atoms. The molecule has 0 bridgehead atoms. The van der Waals surface area contributed by atoms with E-state index in [0.29, 0.717) is 12.4 Å². The second kappa shape index (κ2) is 5.65. The van der Waals surface area contributed by atoms with Crippen LogP contribution in [-0.4, -0.2) is 15.0 Å². The number of sulfonamides is 1. The van der Waals surface area contributed by atoms with Crippen LogP contribution in [0.3, 0.4) is 0 Å². The van der Waals surface area contributed by atoms with Crippen LogP contribution in [0.2, 0.25) is 0 Å². The third-order valence-electron chi connectivity index (χ3n) is 4.17. The lowest BCUT2D eigenvalue weighted by molar-refractivity contribution is 0.356. The zero-order valence-corrected chi connectivity index (χ0v) is 14.0. The molecule has 1 unspecified atom stereocenters. The van der Waals surface area contributed by atoms with Crippen molar-refractivity contribution in [1.29, 1.82) is 0 Å². The molecule has 0 saturated carbocycles. The first kappa shape index (κ1) is 15.2. The van der Waals surface area contributed by atoms with Gasteiger partial charge in [0.2, 0.25) is 10.0 Å². The van der Waals surface area contributed by atoms with Crippen LogP contribution < -0.4 is 9.46 Å². The van der Waals surface area contributed by atoms with Crippen molar-refractivity contribution in [2.24, 2.45) is 0 Å². The number of rotatable bonds is 4. The van der Waals surface area contributed by atoms with E-state index in [2.05, 4.69) is 4.72 Å². The van der Waals surface area contributed by atoms with Gasteiger partial charge in [0, 0.05) is 11.8 Å². The van der Waals surface area contributed by atoms with Crippen LogP contribution in [0.5, 0.6) is 5.75 Å². The van der Waals surface area contributed by atoms with Crippen molar-refractivity contribution in [3.63, 3.8) is 0 Å². The summed E-state index contributed by atoms with van der Waals surface area (Å²) in [5.74, 6) is 1.35. The maximum absolute atomic E-state index is 12.6. The first-order valence-corrected chi connectivity index (χ1v) is 9.28. The highest BCUT2D eigenvalue weighted by Gasteiger charge is 2.23. The van der Waals surface area contributed by atoms with Gasteiger partial charge in [-0.05, 0) is 42.8 Å². The van der Waals surface area contributed by atoms with E-state index in [4.69, 9.17) is 9.15 Å². The standard InChI is InChI=1S/C18H17NO4S/c1-12(18-11-13-4-2-3-5-17(13)23-18)19-24(20,21)15-6-7-16-14(10-15)8-9-22-16/h2-7,10-12,19H,8-9H2,1H3. The maximum Gasteiger partial charge on any atom is 0.241 e. The molecule has 5 nitrogen and oxygen atoms in total. The average molecular weight is 343 g/mol. The molecular formula is C18H17NO4S. The van der Waals surface area contributed by atoms with Crippen LogP contribution >= 0.6 is 0 Å². The van der Waals surface area contributed by atoms with Gasteiger partial charge in [0.1, 0.15) is 17.1 Å². The van der Waals surface area contributed by atoms with Crippen molar-refractivity contribution in [1.82, 2.24) is 4.72 Å². The lowest BCUT2D eigenvalue weighted by atomic mass is 10.2.